The lowest BCUT2D eigenvalue weighted by atomic mass is 10.0. The molecule has 0 saturated carbocycles. The summed E-state index contributed by atoms with van der Waals surface area (Å²) in [5.41, 5.74) is 5.11. The van der Waals surface area contributed by atoms with Gasteiger partial charge >= 0.3 is 0 Å². The zero-order valence-corrected chi connectivity index (χ0v) is 29.1. The van der Waals surface area contributed by atoms with Gasteiger partial charge in [-0.2, -0.15) is 4.98 Å². The monoisotopic (exact) mass is 706 g/mol. The molecule has 13 heteroatoms. The number of hydrogen-bond donors (Lipinski definition) is 2. The molecule has 0 spiro atoms. The van der Waals surface area contributed by atoms with E-state index in [0.717, 1.165) is 55.1 Å². The van der Waals surface area contributed by atoms with E-state index in [1.54, 1.807) is 39.0 Å². The zero-order chi connectivity index (χ0) is 32.0. The summed E-state index contributed by atoms with van der Waals surface area (Å²) in [5, 5.41) is 7.36. The van der Waals surface area contributed by atoms with E-state index in [4.69, 9.17) is 14.5 Å². The fraction of sp³-hybridized carbons (Fsp3) is 0.455. The first kappa shape index (κ1) is 31.3. The molecule has 11 nitrogen and oxygen atoms in total. The van der Waals surface area contributed by atoms with Gasteiger partial charge in [0, 0.05) is 74.4 Å². The highest BCUT2D eigenvalue weighted by Crippen LogP contribution is 2.42. The highest BCUT2D eigenvalue weighted by molar-refractivity contribution is 9.10. The average molecular weight is 708 g/mol. The van der Waals surface area contributed by atoms with Crippen LogP contribution in [0.3, 0.4) is 0 Å². The molecule has 0 radical (unpaired) electrons. The molecule has 3 aliphatic heterocycles. The molecule has 2 atom stereocenters. The first-order valence-electron chi connectivity index (χ1n) is 15.8. The molecule has 3 aliphatic rings. The summed E-state index contributed by atoms with van der Waals surface area (Å²) in [4.78, 5) is 23.4. The van der Waals surface area contributed by atoms with Crippen LogP contribution in [0.4, 0.5) is 28.8 Å². The van der Waals surface area contributed by atoms with Crippen LogP contribution in [0.25, 0.3) is 11.0 Å². The predicted octanol–water partition coefficient (Wildman–Crippen LogP) is 5.78. The average Bonchev–Trinajstić information content (AvgIpc) is 3.65. The van der Waals surface area contributed by atoms with Gasteiger partial charge in [-0.15, -0.1) is 0 Å². The standard InChI is InChI=1S/C33H40BrN8O3P/c1-20-13-27(29(44-2)14-28(20)41-11-7-23(8-12-41)42-16-21-18-45-19-22(21)17-42)39-33-37-15-24(34)32(40-33)38-26-6-5-25-30(36-10-9-35-25)31(26)46(3,4)43/h5-6,9-10,13-15,21-23H,7-8,11-12,16-19H2,1-4H3,(H2,37,38,39,40)/t21-,22+. The van der Waals surface area contributed by atoms with Gasteiger partial charge in [0.2, 0.25) is 5.95 Å². The minimum Gasteiger partial charge on any atom is -0.494 e. The van der Waals surface area contributed by atoms with E-state index in [1.807, 2.05) is 12.1 Å². The van der Waals surface area contributed by atoms with Gasteiger partial charge in [-0.3, -0.25) is 14.9 Å². The van der Waals surface area contributed by atoms with Crippen molar-refractivity contribution in [1.82, 2.24) is 24.8 Å². The SMILES string of the molecule is COc1cc(N2CCC(N3C[C@H]4COC[C@H]4C3)CC2)c(C)cc1Nc1ncc(Br)c(Nc2ccc3nccnc3c2P(C)(C)=O)n1. The first-order chi connectivity index (χ1) is 22.2. The third kappa shape index (κ3) is 6.20. The van der Waals surface area contributed by atoms with Gasteiger partial charge in [0.05, 0.1) is 47.0 Å². The molecule has 5 heterocycles. The van der Waals surface area contributed by atoms with E-state index in [-0.39, 0.29) is 0 Å². The summed E-state index contributed by atoms with van der Waals surface area (Å²) >= 11 is 3.58. The van der Waals surface area contributed by atoms with E-state index >= 15 is 0 Å². The Morgan fingerprint density at radius 3 is 2.46 bits per heavy atom. The summed E-state index contributed by atoms with van der Waals surface area (Å²) in [6.07, 6.45) is 7.27. The van der Waals surface area contributed by atoms with Crippen LogP contribution < -0.4 is 25.6 Å². The molecule has 242 valence electrons. The number of rotatable bonds is 8. The van der Waals surface area contributed by atoms with Crippen LogP contribution in [0.15, 0.2) is 47.3 Å². The van der Waals surface area contributed by atoms with E-state index in [9.17, 15) is 4.57 Å². The molecule has 4 aromatic rings. The second-order valence-corrected chi connectivity index (χ2v) is 16.9. The van der Waals surface area contributed by atoms with Crippen molar-refractivity contribution in [1.29, 1.82) is 0 Å². The second-order valence-electron chi connectivity index (χ2n) is 12.9. The van der Waals surface area contributed by atoms with Crippen LogP contribution in [-0.4, -0.2) is 90.7 Å². The van der Waals surface area contributed by atoms with Crippen molar-refractivity contribution in [3.8, 4) is 5.75 Å². The van der Waals surface area contributed by atoms with Gasteiger partial charge in [-0.05, 0) is 72.8 Å². The summed E-state index contributed by atoms with van der Waals surface area (Å²) in [7, 11) is -1.05. The van der Waals surface area contributed by atoms with Crippen molar-refractivity contribution in [3.05, 3.63) is 52.9 Å². The molecule has 0 bridgehead atoms. The lowest BCUT2D eigenvalue weighted by Gasteiger charge is -2.39. The smallest absolute Gasteiger partial charge is 0.229 e. The summed E-state index contributed by atoms with van der Waals surface area (Å²) in [5.74, 6) is 3.10. The van der Waals surface area contributed by atoms with Crippen molar-refractivity contribution in [2.75, 3.05) is 75.4 Å². The topological polar surface area (TPSA) is 118 Å². The number of methoxy groups -OCH3 is 1. The first-order valence-corrected chi connectivity index (χ1v) is 19.2. The number of anilines is 5. The minimum absolute atomic E-state index is 0.399. The summed E-state index contributed by atoms with van der Waals surface area (Å²) in [6.45, 7) is 11.9. The Hall–Kier alpha value is -3.31. The van der Waals surface area contributed by atoms with Gasteiger partial charge in [0.15, 0.2) is 0 Å². The maximum Gasteiger partial charge on any atom is 0.229 e. The number of hydrogen-bond acceptors (Lipinski definition) is 11. The van der Waals surface area contributed by atoms with Gasteiger partial charge in [-0.25, -0.2) is 4.98 Å². The van der Waals surface area contributed by atoms with Crippen molar-refractivity contribution in [3.63, 3.8) is 0 Å². The highest BCUT2D eigenvalue weighted by Gasteiger charge is 2.40. The van der Waals surface area contributed by atoms with Crippen LogP contribution in [-0.2, 0) is 9.30 Å². The lowest BCUT2D eigenvalue weighted by Crippen LogP contribution is -2.44. The van der Waals surface area contributed by atoms with Gasteiger partial charge in [0.1, 0.15) is 24.2 Å². The summed E-state index contributed by atoms with van der Waals surface area (Å²) in [6, 6.07) is 8.61. The van der Waals surface area contributed by atoms with Crippen molar-refractivity contribution >= 4 is 68.2 Å². The number of benzene rings is 2. The Bertz CT molecular complexity index is 1800. The molecule has 0 unspecified atom stereocenters. The number of piperidine rings is 1. The van der Waals surface area contributed by atoms with Crippen molar-refractivity contribution in [2.24, 2.45) is 11.8 Å². The third-order valence-corrected chi connectivity index (χ3v) is 11.6. The van der Waals surface area contributed by atoms with Crippen LogP contribution in [0.1, 0.15) is 18.4 Å². The number of ether oxygens (including phenoxy) is 2. The molecule has 2 aromatic heterocycles. The third-order valence-electron chi connectivity index (χ3n) is 9.50. The Kier molecular flexibility index (Phi) is 8.65. The number of likely N-dealkylation sites (tertiary alicyclic amines) is 1. The highest BCUT2D eigenvalue weighted by atomic mass is 79.9. The molecule has 7 rings (SSSR count). The van der Waals surface area contributed by atoms with Gasteiger partial charge < -0.3 is 29.6 Å². The van der Waals surface area contributed by atoms with Crippen LogP contribution in [0, 0.1) is 18.8 Å². The summed E-state index contributed by atoms with van der Waals surface area (Å²) < 4.78 is 25.6. The maximum atomic E-state index is 13.4. The van der Waals surface area contributed by atoms with E-state index < -0.39 is 7.14 Å². The van der Waals surface area contributed by atoms with E-state index in [2.05, 4.69) is 70.4 Å². The van der Waals surface area contributed by atoms with E-state index in [0.29, 0.717) is 44.3 Å². The normalized spacial score (nSPS) is 20.7. The minimum atomic E-state index is -2.73. The Morgan fingerprint density at radius 2 is 1.74 bits per heavy atom. The number of aryl methyl sites for hydroxylation is 1. The quantitative estimate of drug-likeness (QED) is 0.217. The number of fused-ring (bicyclic) bond motifs is 2. The molecule has 2 N–H and O–H groups in total. The molecule has 3 fully saturated rings. The van der Waals surface area contributed by atoms with Crippen LogP contribution in [0.5, 0.6) is 5.75 Å². The fourth-order valence-electron chi connectivity index (χ4n) is 7.21. The van der Waals surface area contributed by atoms with Crippen molar-refractivity contribution < 1.29 is 14.0 Å². The maximum absolute atomic E-state index is 13.4. The fourth-order valence-corrected chi connectivity index (χ4v) is 8.89. The lowest BCUT2D eigenvalue weighted by molar-refractivity contribution is 0.130. The van der Waals surface area contributed by atoms with E-state index in [1.165, 1.54) is 31.6 Å². The predicted molar refractivity (Wildman–Crippen MR) is 187 cm³/mol. The molecule has 2 aromatic carbocycles. The second kappa shape index (κ2) is 12.7. The Labute approximate surface area is 278 Å². The van der Waals surface area contributed by atoms with Gasteiger partial charge in [-0.1, -0.05) is 0 Å². The molecule has 0 amide bonds. The number of aromatic nitrogens is 4. The molecule has 0 aliphatic carbocycles. The largest absolute Gasteiger partial charge is 0.494 e. The Balaban J connectivity index is 1.08. The number of nitrogens with zero attached hydrogens (tertiary/aromatic N) is 6. The molecular formula is C33H40BrN8O3P. The molecular weight excluding hydrogens is 667 g/mol. The number of nitrogens with one attached hydrogen (secondary N) is 2. The molecule has 3 saturated heterocycles. The number of halogens is 1. The van der Waals surface area contributed by atoms with Crippen molar-refractivity contribution in [2.45, 2.75) is 25.8 Å². The van der Waals surface area contributed by atoms with Crippen LogP contribution in [0.2, 0.25) is 0 Å². The Morgan fingerprint density at radius 1 is 1.00 bits per heavy atom. The van der Waals surface area contributed by atoms with Crippen LogP contribution >= 0.6 is 23.1 Å². The van der Waals surface area contributed by atoms with Gasteiger partial charge in [0.25, 0.3) is 0 Å². The zero-order valence-electron chi connectivity index (χ0n) is 26.7. The molecule has 46 heavy (non-hydrogen) atoms.